The first-order chi connectivity index (χ1) is 9.60. The Hall–Kier alpha value is -1.59. The second kappa shape index (κ2) is 6.72. The van der Waals surface area contributed by atoms with Crippen LogP contribution in [0.2, 0.25) is 0 Å². The van der Waals surface area contributed by atoms with Gasteiger partial charge in [0.25, 0.3) is 0 Å². The van der Waals surface area contributed by atoms with Gasteiger partial charge in [0.2, 0.25) is 0 Å². The predicted molar refractivity (Wildman–Crippen MR) is 78.2 cm³/mol. The molecule has 2 atom stereocenters. The Balaban J connectivity index is 1.93. The van der Waals surface area contributed by atoms with E-state index in [0.29, 0.717) is 19.0 Å². The molecule has 0 aromatic heterocycles. The van der Waals surface area contributed by atoms with Crippen LogP contribution in [0.4, 0.5) is 0 Å². The van der Waals surface area contributed by atoms with Crippen LogP contribution in [0, 0.1) is 0 Å². The molecule has 0 amide bonds. The van der Waals surface area contributed by atoms with Gasteiger partial charge < -0.3 is 20.0 Å². The number of rotatable bonds is 6. The van der Waals surface area contributed by atoms with Gasteiger partial charge >= 0.3 is 0 Å². The summed E-state index contributed by atoms with van der Waals surface area (Å²) >= 11 is 0. The van der Waals surface area contributed by atoms with Crippen molar-refractivity contribution in [1.29, 1.82) is 0 Å². The summed E-state index contributed by atoms with van der Waals surface area (Å²) in [6.45, 7) is 4.59. The summed E-state index contributed by atoms with van der Waals surface area (Å²) in [6.07, 6.45) is -0.250. The lowest BCUT2D eigenvalue weighted by molar-refractivity contribution is -0.0166. The van der Waals surface area contributed by atoms with E-state index in [1.54, 1.807) is 7.11 Å². The third-order valence-corrected chi connectivity index (χ3v) is 3.26. The van der Waals surface area contributed by atoms with Gasteiger partial charge in [0.15, 0.2) is 6.10 Å². The molecule has 1 aliphatic heterocycles. The smallest absolute Gasteiger partial charge is 0.160 e. The average molecular weight is 278 g/mol. The highest BCUT2D eigenvalue weighted by atomic mass is 16.7. The van der Waals surface area contributed by atoms with Crippen LogP contribution in [-0.4, -0.2) is 42.7 Å². The fraction of sp³-hybridized carbons (Fsp3) is 0.533. The predicted octanol–water partition coefficient (Wildman–Crippen LogP) is 1.55. The van der Waals surface area contributed by atoms with E-state index >= 15 is 0 Å². The van der Waals surface area contributed by atoms with Gasteiger partial charge in [-0.05, 0) is 12.1 Å². The summed E-state index contributed by atoms with van der Waals surface area (Å²) in [4.78, 5) is 5.34. The molecule has 2 rings (SSSR count). The van der Waals surface area contributed by atoms with Crippen molar-refractivity contribution in [2.24, 2.45) is 5.16 Å². The molecule has 0 bridgehead atoms. The first-order valence-corrected chi connectivity index (χ1v) is 6.88. The molecule has 1 aromatic carbocycles. The van der Waals surface area contributed by atoms with E-state index in [2.05, 4.69) is 10.5 Å². The largest absolute Gasteiger partial charge is 0.497 e. The number of nitrogens with zero attached hydrogens (tertiary/aromatic N) is 1. The van der Waals surface area contributed by atoms with Crippen LogP contribution in [0.15, 0.2) is 29.4 Å². The summed E-state index contributed by atoms with van der Waals surface area (Å²) in [7, 11) is 1.64. The fourth-order valence-corrected chi connectivity index (χ4v) is 2.06. The summed E-state index contributed by atoms with van der Waals surface area (Å²) < 4.78 is 5.20. The van der Waals surface area contributed by atoms with Gasteiger partial charge in [-0.2, -0.15) is 0 Å². The molecule has 5 nitrogen and oxygen atoms in total. The molecule has 0 aliphatic carbocycles. The van der Waals surface area contributed by atoms with Crippen molar-refractivity contribution in [3.05, 3.63) is 29.8 Å². The SMILES string of the molecule is COc1cccc(C2=NO[C@@H]([C@@H](O)CNC(C)C)C2)c1. The standard InChI is InChI=1S/C15H22N2O3/c1-10(2)16-9-14(18)15-8-13(17-20-15)11-5-4-6-12(7-11)19-3/h4-7,10,14-16,18H,8-9H2,1-3H3/t14-,15+/m0/s1. The quantitative estimate of drug-likeness (QED) is 0.828. The lowest BCUT2D eigenvalue weighted by Gasteiger charge is -2.18. The van der Waals surface area contributed by atoms with Gasteiger partial charge in [-0.1, -0.05) is 31.1 Å². The third-order valence-electron chi connectivity index (χ3n) is 3.26. The second-order valence-electron chi connectivity index (χ2n) is 5.25. The van der Waals surface area contributed by atoms with Crippen molar-refractivity contribution in [3.63, 3.8) is 0 Å². The number of benzene rings is 1. The molecule has 20 heavy (non-hydrogen) atoms. The van der Waals surface area contributed by atoms with Gasteiger partial charge in [0.05, 0.1) is 12.8 Å². The van der Waals surface area contributed by atoms with Crippen LogP contribution < -0.4 is 10.1 Å². The summed E-state index contributed by atoms with van der Waals surface area (Å²) in [6, 6.07) is 8.03. The maximum absolute atomic E-state index is 10.1. The van der Waals surface area contributed by atoms with Crippen LogP contribution in [0.1, 0.15) is 25.8 Å². The normalized spacial score (nSPS) is 19.6. The lowest BCUT2D eigenvalue weighted by Crippen LogP contribution is -2.39. The zero-order chi connectivity index (χ0) is 14.5. The van der Waals surface area contributed by atoms with Crippen molar-refractivity contribution in [3.8, 4) is 5.75 Å². The Labute approximate surface area is 119 Å². The Morgan fingerprint density at radius 2 is 2.30 bits per heavy atom. The molecule has 0 saturated heterocycles. The summed E-state index contributed by atoms with van der Waals surface area (Å²) in [5, 5.41) is 17.4. The molecule has 110 valence electrons. The minimum Gasteiger partial charge on any atom is -0.497 e. The number of hydrogen-bond acceptors (Lipinski definition) is 5. The van der Waals surface area contributed by atoms with Crippen LogP contribution >= 0.6 is 0 Å². The zero-order valence-corrected chi connectivity index (χ0v) is 12.2. The monoisotopic (exact) mass is 278 g/mol. The van der Waals surface area contributed by atoms with E-state index in [0.717, 1.165) is 17.0 Å². The molecule has 0 unspecified atom stereocenters. The minimum absolute atomic E-state index is 0.289. The number of nitrogens with one attached hydrogen (secondary N) is 1. The molecule has 5 heteroatoms. The molecule has 0 spiro atoms. The highest BCUT2D eigenvalue weighted by Gasteiger charge is 2.29. The number of aliphatic hydroxyl groups excluding tert-OH is 1. The fourth-order valence-electron chi connectivity index (χ4n) is 2.06. The second-order valence-corrected chi connectivity index (χ2v) is 5.25. The molecular formula is C15H22N2O3. The molecule has 0 fully saturated rings. The van der Waals surface area contributed by atoms with Crippen LogP contribution in [-0.2, 0) is 4.84 Å². The molecule has 1 aliphatic rings. The van der Waals surface area contributed by atoms with Crippen molar-refractivity contribution < 1.29 is 14.7 Å². The first kappa shape index (κ1) is 14.8. The van der Waals surface area contributed by atoms with Crippen LogP contribution in [0.3, 0.4) is 0 Å². The van der Waals surface area contributed by atoms with Gasteiger partial charge in [-0.15, -0.1) is 0 Å². The zero-order valence-electron chi connectivity index (χ0n) is 12.2. The minimum atomic E-state index is -0.566. The van der Waals surface area contributed by atoms with Gasteiger partial charge in [-0.3, -0.25) is 0 Å². The van der Waals surface area contributed by atoms with Gasteiger partial charge in [-0.25, -0.2) is 0 Å². The molecule has 0 saturated carbocycles. The number of oxime groups is 1. The Morgan fingerprint density at radius 1 is 1.50 bits per heavy atom. The number of aliphatic hydroxyl groups is 1. The highest BCUT2D eigenvalue weighted by Crippen LogP contribution is 2.21. The first-order valence-electron chi connectivity index (χ1n) is 6.88. The number of hydrogen-bond donors (Lipinski definition) is 2. The molecular weight excluding hydrogens is 256 g/mol. The molecule has 1 aromatic rings. The number of ether oxygens (including phenoxy) is 1. The van der Waals surface area contributed by atoms with Gasteiger partial charge in [0, 0.05) is 24.6 Å². The molecule has 0 radical (unpaired) electrons. The van der Waals surface area contributed by atoms with E-state index < -0.39 is 6.10 Å². The van der Waals surface area contributed by atoms with E-state index in [9.17, 15) is 5.11 Å². The number of methoxy groups -OCH3 is 1. The average Bonchev–Trinajstić information content (AvgIpc) is 2.94. The molecule has 2 N–H and O–H groups in total. The molecule has 1 heterocycles. The lowest BCUT2D eigenvalue weighted by atomic mass is 10.0. The van der Waals surface area contributed by atoms with Crippen LogP contribution in [0.25, 0.3) is 0 Å². The third kappa shape index (κ3) is 3.71. The van der Waals surface area contributed by atoms with E-state index in [1.807, 2.05) is 38.1 Å². The summed E-state index contributed by atoms with van der Waals surface area (Å²) in [5.74, 6) is 0.788. The maximum Gasteiger partial charge on any atom is 0.160 e. The van der Waals surface area contributed by atoms with Crippen LogP contribution in [0.5, 0.6) is 5.75 Å². The van der Waals surface area contributed by atoms with Crippen molar-refractivity contribution in [2.45, 2.75) is 38.5 Å². The van der Waals surface area contributed by atoms with Crippen molar-refractivity contribution >= 4 is 5.71 Å². The Bertz CT molecular complexity index is 474. The van der Waals surface area contributed by atoms with Gasteiger partial charge in [0.1, 0.15) is 11.9 Å². The van der Waals surface area contributed by atoms with E-state index in [1.165, 1.54) is 0 Å². The van der Waals surface area contributed by atoms with Crippen molar-refractivity contribution in [1.82, 2.24) is 5.32 Å². The van der Waals surface area contributed by atoms with E-state index in [-0.39, 0.29) is 6.10 Å². The topological polar surface area (TPSA) is 63.1 Å². The summed E-state index contributed by atoms with van der Waals surface area (Å²) in [5.41, 5.74) is 1.81. The highest BCUT2D eigenvalue weighted by molar-refractivity contribution is 6.01. The maximum atomic E-state index is 10.1. The Morgan fingerprint density at radius 3 is 3.00 bits per heavy atom. The van der Waals surface area contributed by atoms with Crippen molar-refractivity contribution in [2.75, 3.05) is 13.7 Å². The Kier molecular flexibility index (Phi) is 4.98. The van der Waals surface area contributed by atoms with E-state index in [4.69, 9.17) is 9.57 Å².